The van der Waals surface area contributed by atoms with E-state index in [9.17, 15) is 14.0 Å². The molecule has 1 N–H and O–H groups in total. The topological polar surface area (TPSA) is 73.9 Å². The van der Waals surface area contributed by atoms with Crippen LogP contribution in [0.5, 0.6) is 5.75 Å². The van der Waals surface area contributed by atoms with Crippen molar-refractivity contribution in [3.63, 3.8) is 0 Å². The van der Waals surface area contributed by atoms with Crippen LogP contribution in [-0.4, -0.2) is 37.9 Å². The Balaban J connectivity index is 2.87. The summed E-state index contributed by atoms with van der Waals surface area (Å²) >= 11 is 0. The van der Waals surface area contributed by atoms with Crippen LogP contribution in [0, 0.1) is 5.82 Å². The number of carbonyl (C=O) groups is 2. The first-order valence-electron chi connectivity index (χ1n) is 7.06. The van der Waals surface area contributed by atoms with Crippen molar-refractivity contribution >= 4 is 12.1 Å². The highest BCUT2D eigenvalue weighted by Crippen LogP contribution is 2.19. The molecule has 1 atom stereocenters. The maximum Gasteiger partial charge on any atom is 0.408 e. The van der Waals surface area contributed by atoms with Gasteiger partial charge in [0.2, 0.25) is 0 Å². The van der Waals surface area contributed by atoms with E-state index in [4.69, 9.17) is 9.47 Å². The molecule has 1 aromatic carbocycles. The normalized spacial score (nSPS) is 12.3. The molecule has 0 fully saturated rings. The molecular weight excluding hydrogens is 304 g/mol. The van der Waals surface area contributed by atoms with Gasteiger partial charge in [-0.3, -0.25) is 0 Å². The van der Waals surface area contributed by atoms with Crippen LogP contribution in [0.25, 0.3) is 0 Å². The van der Waals surface area contributed by atoms with Gasteiger partial charge in [-0.05, 0) is 38.5 Å². The highest BCUT2D eigenvalue weighted by atomic mass is 18.2. The van der Waals surface area contributed by atoms with Gasteiger partial charge in [0.15, 0.2) is 11.6 Å². The Morgan fingerprint density at radius 2 is 1.91 bits per heavy atom. The van der Waals surface area contributed by atoms with Crippen LogP contribution in [0.2, 0.25) is 0 Å². The molecular formula is C16H22FNO5. The standard InChI is InChI=1S/C16H22FNO5/c1-16(2,3)23-15(20)18-12(14(19)22-5)8-10-6-7-11(17)13(9-10)21-4/h6-7,9,12H,8H2,1-5H3,(H,18,20)/i17-1. The maximum absolute atomic E-state index is 13.4. The van der Waals surface area contributed by atoms with Gasteiger partial charge in [0.05, 0.1) is 14.2 Å². The average molecular weight is 326 g/mol. The van der Waals surface area contributed by atoms with Crippen molar-refractivity contribution in [2.45, 2.75) is 38.8 Å². The lowest BCUT2D eigenvalue weighted by molar-refractivity contribution is -0.143. The summed E-state index contributed by atoms with van der Waals surface area (Å²) in [6.07, 6.45) is -0.621. The Labute approximate surface area is 134 Å². The number of amides is 1. The number of carbonyl (C=O) groups excluding carboxylic acids is 2. The summed E-state index contributed by atoms with van der Waals surface area (Å²) < 4.78 is 28.1. The van der Waals surface area contributed by atoms with Gasteiger partial charge in [-0.25, -0.2) is 14.0 Å². The number of hydrogen-bond acceptors (Lipinski definition) is 5. The highest BCUT2D eigenvalue weighted by molar-refractivity contribution is 5.81. The Kier molecular flexibility index (Phi) is 6.36. The van der Waals surface area contributed by atoms with Gasteiger partial charge in [0.1, 0.15) is 11.6 Å². The Bertz CT molecular complexity index is 568. The third-order valence-electron chi connectivity index (χ3n) is 2.83. The Hall–Kier alpha value is -2.31. The molecule has 0 radical (unpaired) electrons. The predicted molar refractivity (Wildman–Crippen MR) is 81.8 cm³/mol. The second-order valence-corrected chi connectivity index (χ2v) is 5.89. The zero-order valence-corrected chi connectivity index (χ0v) is 13.9. The fourth-order valence-electron chi connectivity index (χ4n) is 1.85. The van der Waals surface area contributed by atoms with Crippen molar-refractivity contribution in [1.82, 2.24) is 5.32 Å². The Morgan fingerprint density at radius 3 is 2.43 bits per heavy atom. The number of methoxy groups -OCH3 is 2. The number of ether oxygens (including phenoxy) is 3. The fourth-order valence-corrected chi connectivity index (χ4v) is 1.85. The molecule has 0 heterocycles. The lowest BCUT2D eigenvalue weighted by atomic mass is 10.1. The third-order valence-corrected chi connectivity index (χ3v) is 2.83. The summed E-state index contributed by atoms with van der Waals surface area (Å²) in [5.41, 5.74) is -0.0844. The van der Waals surface area contributed by atoms with E-state index < -0.39 is 29.5 Å². The fraction of sp³-hybridized carbons (Fsp3) is 0.500. The Morgan fingerprint density at radius 1 is 1.26 bits per heavy atom. The zero-order chi connectivity index (χ0) is 17.6. The number of benzene rings is 1. The molecule has 1 rings (SSSR count). The van der Waals surface area contributed by atoms with Crippen molar-refractivity contribution in [3.8, 4) is 5.75 Å². The zero-order valence-electron chi connectivity index (χ0n) is 13.9. The molecule has 0 aromatic heterocycles. The molecule has 0 aliphatic carbocycles. The number of esters is 1. The summed E-state index contributed by atoms with van der Waals surface area (Å²) in [5, 5.41) is 2.45. The SMILES string of the molecule is COC(=O)C(Cc1ccc([18F])c(OC)c1)NC(=O)OC(C)(C)C. The summed E-state index contributed by atoms with van der Waals surface area (Å²) in [4.78, 5) is 23.7. The van der Waals surface area contributed by atoms with E-state index in [-0.39, 0.29) is 12.2 Å². The van der Waals surface area contributed by atoms with E-state index in [0.29, 0.717) is 5.56 Å². The number of halogens is 1. The van der Waals surface area contributed by atoms with E-state index in [1.807, 2.05) is 0 Å². The van der Waals surface area contributed by atoms with Crippen LogP contribution in [0.1, 0.15) is 26.3 Å². The second kappa shape index (κ2) is 7.80. The molecule has 128 valence electrons. The van der Waals surface area contributed by atoms with Gasteiger partial charge in [-0.1, -0.05) is 6.07 Å². The molecule has 23 heavy (non-hydrogen) atoms. The quantitative estimate of drug-likeness (QED) is 0.841. The van der Waals surface area contributed by atoms with Gasteiger partial charge in [-0.15, -0.1) is 0 Å². The molecule has 1 amide bonds. The smallest absolute Gasteiger partial charge is 0.408 e. The van der Waals surface area contributed by atoms with Crippen LogP contribution in [-0.2, 0) is 20.7 Å². The maximum atomic E-state index is 13.4. The summed E-state index contributed by atoms with van der Waals surface area (Å²) in [6.45, 7) is 5.14. The molecule has 6 nitrogen and oxygen atoms in total. The summed E-state index contributed by atoms with van der Waals surface area (Å²) in [6, 6.07) is 3.24. The molecule has 7 heteroatoms. The van der Waals surface area contributed by atoms with Gasteiger partial charge in [0, 0.05) is 6.42 Å². The molecule has 0 spiro atoms. The minimum absolute atomic E-state index is 0.0587. The first kappa shape index (κ1) is 18.7. The number of alkyl carbamates (subject to hydrolysis) is 1. The first-order chi connectivity index (χ1) is 10.7. The number of hydrogen-bond donors (Lipinski definition) is 1. The third kappa shape index (κ3) is 6.14. The highest BCUT2D eigenvalue weighted by Gasteiger charge is 2.25. The molecule has 0 bridgehead atoms. The van der Waals surface area contributed by atoms with Crippen LogP contribution >= 0.6 is 0 Å². The van der Waals surface area contributed by atoms with Gasteiger partial charge < -0.3 is 19.5 Å². The van der Waals surface area contributed by atoms with Crippen molar-refractivity contribution in [3.05, 3.63) is 29.6 Å². The average Bonchev–Trinajstić information content (AvgIpc) is 2.45. The van der Waals surface area contributed by atoms with E-state index >= 15 is 0 Å². The molecule has 0 aliphatic rings. The van der Waals surface area contributed by atoms with E-state index in [2.05, 4.69) is 10.1 Å². The molecule has 1 unspecified atom stereocenters. The van der Waals surface area contributed by atoms with Gasteiger partial charge in [0.25, 0.3) is 0 Å². The van der Waals surface area contributed by atoms with Crippen molar-refractivity contribution < 1.29 is 28.2 Å². The monoisotopic (exact) mass is 326 g/mol. The van der Waals surface area contributed by atoms with Crippen molar-refractivity contribution in [2.24, 2.45) is 0 Å². The molecule has 1 aromatic rings. The minimum Gasteiger partial charge on any atom is -0.494 e. The van der Waals surface area contributed by atoms with Gasteiger partial charge >= 0.3 is 12.1 Å². The van der Waals surface area contributed by atoms with Crippen molar-refractivity contribution in [2.75, 3.05) is 14.2 Å². The van der Waals surface area contributed by atoms with E-state index in [1.165, 1.54) is 32.4 Å². The van der Waals surface area contributed by atoms with Crippen LogP contribution < -0.4 is 10.1 Å². The van der Waals surface area contributed by atoms with Crippen LogP contribution in [0.3, 0.4) is 0 Å². The number of rotatable bonds is 5. The van der Waals surface area contributed by atoms with Crippen LogP contribution in [0.4, 0.5) is 9.18 Å². The largest absolute Gasteiger partial charge is 0.494 e. The first-order valence-corrected chi connectivity index (χ1v) is 7.06. The van der Waals surface area contributed by atoms with Crippen LogP contribution in [0.15, 0.2) is 18.2 Å². The molecule has 0 saturated carbocycles. The summed E-state index contributed by atoms with van der Waals surface area (Å²) in [7, 11) is 2.57. The predicted octanol–water partition coefficient (Wildman–Crippen LogP) is 2.44. The van der Waals surface area contributed by atoms with Gasteiger partial charge in [-0.2, -0.15) is 0 Å². The summed E-state index contributed by atoms with van der Waals surface area (Å²) in [5.74, 6) is -1.08. The second-order valence-electron chi connectivity index (χ2n) is 5.89. The van der Waals surface area contributed by atoms with Crippen molar-refractivity contribution in [1.29, 1.82) is 0 Å². The lowest BCUT2D eigenvalue weighted by Crippen LogP contribution is -2.45. The molecule has 0 saturated heterocycles. The van der Waals surface area contributed by atoms with E-state index in [0.717, 1.165) is 0 Å². The number of nitrogens with one attached hydrogen (secondary N) is 1. The lowest BCUT2D eigenvalue weighted by Gasteiger charge is -2.22. The molecule has 0 aliphatic heterocycles. The minimum atomic E-state index is -0.954. The van der Waals surface area contributed by atoms with E-state index in [1.54, 1.807) is 20.8 Å².